The zero-order chi connectivity index (χ0) is 28.5. The van der Waals surface area contributed by atoms with Crippen LogP contribution < -0.4 is 4.74 Å². The molecule has 1 aliphatic rings. The van der Waals surface area contributed by atoms with Gasteiger partial charge in [0, 0.05) is 10.9 Å². The molecule has 198 valence electrons. The van der Waals surface area contributed by atoms with Gasteiger partial charge in [-0.15, -0.1) is 0 Å². The van der Waals surface area contributed by atoms with Gasteiger partial charge in [0.25, 0.3) is 0 Å². The summed E-state index contributed by atoms with van der Waals surface area (Å²) >= 11 is 0. The Kier molecular flexibility index (Phi) is 5.00. The molecule has 0 N–H and O–H groups in total. The molecule has 2 nitrogen and oxygen atoms in total. The third-order valence-electron chi connectivity index (χ3n) is 8.88. The topological polar surface area (TPSA) is 33.0 Å². The second kappa shape index (κ2) is 9.05. The summed E-state index contributed by atoms with van der Waals surface area (Å²) in [7, 11) is 0. The summed E-state index contributed by atoms with van der Waals surface area (Å²) in [6.45, 7) is 0. The Morgan fingerprint density at radius 1 is 0.395 bits per heavy atom. The van der Waals surface area contributed by atoms with Crippen molar-refractivity contribution in [2.75, 3.05) is 0 Å². The Morgan fingerprint density at radius 2 is 1.02 bits per heavy atom. The molecule has 0 amide bonds. The standard InChI is InChI=1S/C41H23NO/c42-24-25-17-18-32-34-16-8-15-33-31(19-20-39(41(33)34)43-40(32)21-25)36-23-38-28-12-5-4-11-27(28)35(26-9-2-1-3-10-26)22-37(38)30-14-7-6-13-29(30)36/h1-23H. The van der Waals surface area contributed by atoms with Crippen molar-refractivity contribution in [2.45, 2.75) is 0 Å². The van der Waals surface area contributed by atoms with Crippen molar-refractivity contribution in [1.29, 1.82) is 5.26 Å². The lowest BCUT2D eigenvalue weighted by molar-refractivity contribution is 0.487. The van der Waals surface area contributed by atoms with E-state index in [-0.39, 0.29) is 0 Å². The minimum Gasteiger partial charge on any atom is -0.456 e. The molecule has 0 saturated carbocycles. The molecule has 0 spiro atoms. The van der Waals surface area contributed by atoms with Gasteiger partial charge in [0.15, 0.2) is 0 Å². The molecule has 8 aromatic carbocycles. The monoisotopic (exact) mass is 545 g/mol. The van der Waals surface area contributed by atoms with Gasteiger partial charge in [-0.3, -0.25) is 0 Å². The van der Waals surface area contributed by atoms with Crippen molar-refractivity contribution in [3.8, 4) is 50.9 Å². The molecule has 8 aromatic rings. The maximum absolute atomic E-state index is 9.44. The Hall–Kier alpha value is -5.91. The molecule has 0 aliphatic carbocycles. The largest absolute Gasteiger partial charge is 0.456 e. The van der Waals surface area contributed by atoms with Crippen molar-refractivity contribution >= 4 is 43.1 Å². The quantitative estimate of drug-likeness (QED) is 0.202. The van der Waals surface area contributed by atoms with Gasteiger partial charge in [0.1, 0.15) is 11.5 Å². The lowest BCUT2D eigenvalue weighted by Gasteiger charge is -2.23. The first-order chi connectivity index (χ1) is 21.3. The van der Waals surface area contributed by atoms with Gasteiger partial charge < -0.3 is 4.74 Å². The Morgan fingerprint density at radius 3 is 1.77 bits per heavy atom. The van der Waals surface area contributed by atoms with Gasteiger partial charge in [-0.05, 0) is 102 Å². The fourth-order valence-corrected chi connectivity index (χ4v) is 6.97. The van der Waals surface area contributed by atoms with Crippen LogP contribution in [0.4, 0.5) is 0 Å². The number of nitrogens with zero attached hydrogens (tertiary/aromatic N) is 1. The highest BCUT2D eigenvalue weighted by Crippen LogP contribution is 2.50. The van der Waals surface area contributed by atoms with Crippen LogP contribution in [0.25, 0.3) is 76.5 Å². The van der Waals surface area contributed by atoms with Crippen LogP contribution in [-0.2, 0) is 0 Å². The van der Waals surface area contributed by atoms with Crippen LogP contribution in [0.1, 0.15) is 5.56 Å². The summed E-state index contributed by atoms with van der Waals surface area (Å²) in [4.78, 5) is 0. The smallest absolute Gasteiger partial charge is 0.136 e. The average Bonchev–Trinajstić information content (AvgIpc) is 3.08. The summed E-state index contributed by atoms with van der Waals surface area (Å²) in [5.41, 5.74) is 7.58. The number of benzene rings is 8. The zero-order valence-corrected chi connectivity index (χ0v) is 23.1. The van der Waals surface area contributed by atoms with Crippen molar-refractivity contribution in [3.05, 3.63) is 145 Å². The average molecular weight is 546 g/mol. The van der Waals surface area contributed by atoms with E-state index in [1.807, 2.05) is 18.2 Å². The first-order valence-electron chi connectivity index (χ1n) is 14.5. The van der Waals surface area contributed by atoms with Crippen molar-refractivity contribution in [2.24, 2.45) is 0 Å². The first-order valence-corrected chi connectivity index (χ1v) is 14.5. The molecule has 2 heteroatoms. The molecule has 0 aromatic heterocycles. The lowest BCUT2D eigenvalue weighted by Crippen LogP contribution is -1.98. The molecule has 43 heavy (non-hydrogen) atoms. The number of hydrogen-bond acceptors (Lipinski definition) is 2. The predicted octanol–water partition coefficient (Wildman–Crippen LogP) is 11.3. The molecule has 9 rings (SSSR count). The molecule has 1 aliphatic heterocycles. The van der Waals surface area contributed by atoms with Gasteiger partial charge >= 0.3 is 0 Å². The fraction of sp³-hybridized carbons (Fsp3) is 0. The number of ether oxygens (including phenoxy) is 1. The van der Waals surface area contributed by atoms with E-state index >= 15 is 0 Å². The highest BCUT2D eigenvalue weighted by molar-refractivity contribution is 6.25. The maximum atomic E-state index is 9.44. The highest BCUT2D eigenvalue weighted by atomic mass is 16.5. The Bertz CT molecular complexity index is 2480. The van der Waals surface area contributed by atoms with Gasteiger partial charge in [-0.2, -0.15) is 5.26 Å². The van der Waals surface area contributed by atoms with E-state index in [9.17, 15) is 5.26 Å². The van der Waals surface area contributed by atoms with E-state index < -0.39 is 0 Å². The molecule has 1 heterocycles. The molecule has 0 bridgehead atoms. The number of rotatable bonds is 2. The number of fused-ring (bicyclic) bond motifs is 7. The highest BCUT2D eigenvalue weighted by Gasteiger charge is 2.23. The van der Waals surface area contributed by atoms with Crippen LogP contribution in [0.5, 0.6) is 11.5 Å². The molecule has 0 atom stereocenters. The van der Waals surface area contributed by atoms with Crippen LogP contribution >= 0.6 is 0 Å². The van der Waals surface area contributed by atoms with Gasteiger partial charge in [0.05, 0.1) is 11.6 Å². The predicted molar refractivity (Wildman–Crippen MR) is 178 cm³/mol. The van der Waals surface area contributed by atoms with Crippen molar-refractivity contribution < 1.29 is 4.74 Å². The first kappa shape index (κ1) is 23.8. The normalized spacial score (nSPS) is 11.9. The van der Waals surface area contributed by atoms with E-state index in [0.29, 0.717) is 5.56 Å². The molecule has 0 radical (unpaired) electrons. The second-order valence-electron chi connectivity index (χ2n) is 11.2. The summed E-state index contributed by atoms with van der Waals surface area (Å²) in [6.07, 6.45) is 0. The van der Waals surface area contributed by atoms with Crippen LogP contribution in [0.15, 0.2) is 140 Å². The SMILES string of the molecule is N#Cc1ccc2c(c1)Oc1ccc(-c3cc4c5ccccc5c(-c5ccccc5)cc4c4ccccc34)c3cccc-2c13. The van der Waals surface area contributed by atoms with E-state index in [2.05, 4.69) is 127 Å². The van der Waals surface area contributed by atoms with Crippen LogP contribution in [-0.4, -0.2) is 0 Å². The van der Waals surface area contributed by atoms with Crippen LogP contribution in [0.3, 0.4) is 0 Å². The van der Waals surface area contributed by atoms with E-state index in [4.69, 9.17) is 4.74 Å². The molecule has 0 fully saturated rings. The number of nitriles is 1. The third-order valence-corrected chi connectivity index (χ3v) is 8.88. The van der Waals surface area contributed by atoms with E-state index in [1.165, 1.54) is 54.6 Å². The van der Waals surface area contributed by atoms with Crippen molar-refractivity contribution in [1.82, 2.24) is 0 Å². The van der Waals surface area contributed by atoms with E-state index in [0.717, 1.165) is 33.4 Å². The minimum absolute atomic E-state index is 0.594. The van der Waals surface area contributed by atoms with Crippen LogP contribution in [0, 0.1) is 11.3 Å². The fourth-order valence-electron chi connectivity index (χ4n) is 6.97. The third kappa shape index (κ3) is 3.46. The van der Waals surface area contributed by atoms with Gasteiger partial charge in [-0.25, -0.2) is 0 Å². The molecular weight excluding hydrogens is 522 g/mol. The summed E-state index contributed by atoms with van der Waals surface area (Å²) in [6, 6.07) is 51.6. The van der Waals surface area contributed by atoms with Gasteiger partial charge in [0.2, 0.25) is 0 Å². The Balaban J connectivity index is 1.37. The van der Waals surface area contributed by atoms with Gasteiger partial charge in [-0.1, -0.05) is 103 Å². The van der Waals surface area contributed by atoms with E-state index in [1.54, 1.807) is 0 Å². The summed E-state index contributed by atoms with van der Waals surface area (Å²) in [5.74, 6) is 1.55. The Labute approximate surface area is 248 Å². The molecule has 0 saturated heterocycles. The number of hydrogen-bond donors (Lipinski definition) is 0. The molecular formula is C41H23NO. The second-order valence-corrected chi connectivity index (χ2v) is 11.2. The summed E-state index contributed by atoms with van der Waals surface area (Å²) in [5, 5.41) is 19.2. The maximum Gasteiger partial charge on any atom is 0.136 e. The lowest BCUT2D eigenvalue weighted by atomic mass is 9.85. The van der Waals surface area contributed by atoms with Crippen LogP contribution in [0.2, 0.25) is 0 Å². The zero-order valence-electron chi connectivity index (χ0n) is 23.1. The van der Waals surface area contributed by atoms with Crippen molar-refractivity contribution in [3.63, 3.8) is 0 Å². The molecule has 0 unspecified atom stereocenters. The minimum atomic E-state index is 0.594. The summed E-state index contributed by atoms with van der Waals surface area (Å²) < 4.78 is 6.40.